The zero-order valence-corrected chi connectivity index (χ0v) is 17.0. The molecule has 1 unspecified atom stereocenters. The summed E-state index contributed by atoms with van der Waals surface area (Å²) >= 11 is 0. The van der Waals surface area contributed by atoms with Gasteiger partial charge >= 0.3 is 0 Å². The highest BCUT2D eigenvalue weighted by molar-refractivity contribution is 5.83. The summed E-state index contributed by atoms with van der Waals surface area (Å²) in [5.41, 5.74) is 7.10. The van der Waals surface area contributed by atoms with Crippen molar-refractivity contribution < 1.29 is 0 Å². The lowest BCUT2D eigenvalue weighted by molar-refractivity contribution is 0.414. The molecular formula is C23H25N7. The van der Waals surface area contributed by atoms with E-state index >= 15 is 0 Å². The molecule has 1 atom stereocenters. The van der Waals surface area contributed by atoms with E-state index in [4.69, 9.17) is 4.98 Å². The summed E-state index contributed by atoms with van der Waals surface area (Å²) < 4.78 is 0. The summed E-state index contributed by atoms with van der Waals surface area (Å²) in [4.78, 5) is 14.1. The first kappa shape index (κ1) is 18.7. The fourth-order valence-electron chi connectivity index (χ4n) is 3.95. The lowest BCUT2D eigenvalue weighted by Gasteiger charge is -2.24. The molecule has 7 nitrogen and oxygen atoms in total. The first-order valence-electron chi connectivity index (χ1n) is 10.5. The van der Waals surface area contributed by atoms with Crippen molar-refractivity contribution in [2.45, 2.75) is 32.2 Å². The van der Waals surface area contributed by atoms with Gasteiger partial charge in [0.1, 0.15) is 5.69 Å². The minimum Gasteiger partial charge on any atom is -0.382 e. The number of pyridine rings is 3. The van der Waals surface area contributed by atoms with Crippen molar-refractivity contribution in [1.29, 1.82) is 0 Å². The van der Waals surface area contributed by atoms with Crippen molar-refractivity contribution in [2.75, 3.05) is 18.4 Å². The Kier molecular flexibility index (Phi) is 5.11. The second kappa shape index (κ2) is 8.20. The monoisotopic (exact) mass is 399 g/mol. The Morgan fingerprint density at radius 2 is 2.03 bits per heavy atom. The number of H-pyrrole nitrogens is 1. The van der Waals surface area contributed by atoms with E-state index in [9.17, 15) is 0 Å². The number of hydrogen-bond acceptors (Lipinski definition) is 6. The number of nitrogens with zero attached hydrogens (tertiary/aromatic N) is 4. The highest BCUT2D eigenvalue weighted by Crippen LogP contribution is 2.29. The SMILES string of the molecule is Cc1cccc(-c2n[nH]cc2-c2ccc3ncc(NCC4CCCCN4)cc3n2)n1. The minimum absolute atomic E-state index is 0.518. The van der Waals surface area contributed by atoms with Crippen LogP contribution in [0.5, 0.6) is 0 Å². The molecule has 0 saturated carbocycles. The average Bonchev–Trinajstić information content (AvgIpc) is 3.28. The first-order valence-corrected chi connectivity index (χ1v) is 10.5. The Labute approximate surface area is 175 Å². The van der Waals surface area contributed by atoms with Gasteiger partial charge in [0.15, 0.2) is 0 Å². The van der Waals surface area contributed by atoms with Crippen molar-refractivity contribution in [3.05, 3.63) is 54.5 Å². The lowest BCUT2D eigenvalue weighted by Crippen LogP contribution is -2.39. The Balaban J connectivity index is 1.43. The van der Waals surface area contributed by atoms with Gasteiger partial charge in [-0.15, -0.1) is 0 Å². The van der Waals surface area contributed by atoms with Crippen LogP contribution in [0, 0.1) is 6.92 Å². The molecule has 0 spiro atoms. The van der Waals surface area contributed by atoms with Gasteiger partial charge in [-0.05, 0) is 56.6 Å². The van der Waals surface area contributed by atoms with Crippen LogP contribution < -0.4 is 10.6 Å². The standard InChI is InChI=1S/C23H25N7/c1-15-5-4-7-21(28-15)23-18(14-27-30-23)19-8-9-20-22(29-19)11-17(13-26-20)25-12-16-6-2-3-10-24-16/h4-5,7-9,11,13-14,16,24-25H,2-3,6,10,12H2,1H3,(H,27,30). The van der Waals surface area contributed by atoms with E-state index in [1.165, 1.54) is 19.3 Å². The van der Waals surface area contributed by atoms with Crippen molar-refractivity contribution in [2.24, 2.45) is 0 Å². The van der Waals surface area contributed by atoms with Gasteiger partial charge in [-0.25, -0.2) is 4.98 Å². The fourth-order valence-corrected chi connectivity index (χ4v) is 3.95. The summed E-state index contributed by atoms with van der Waals surface area (Å²) in [5, 5.41) is 14.5. The molecular weight excluding hydrogens is 374 g/mol. The maximum absolute atomic E-state index is 4.88. The van der Waals surface area contributed by atoms with Crippen LogP contribution in [0.4, 0.5) is 5.69 Å². The molecule has 0 aliphatic carbocycles. The number of aryl methyl sites for hydroxylation is 1. The largest absolute Gasteiger partial charge is 0.382 e. The Bertz CT molecular complexity index is 1160. The highest BCUT2D eigenvalue weighted by Gasteiger charge is 2.15. The second-order valence-electron chi connectivity index (χ2n) is 7.80. The number of hydrogen-bond donors (Lipinski definition) is 3. The molecule has 5 heterocycles. The van der Waals surface area contributed by atoms with E-state index in [0.29, 0.717) is 6.04 Å². The van der Waals surface area contributed by atoms with Gasteiger partial charge in [0.25, 0.3) is 0 Å². The van der Waals surface area contributed by atoms with Crippen LogP contribution in [0.25, 0.3) is 33.7 Å². The Morgan fingerprint density at radius 3 is 2.90 bits per heavy atom. The van der Waals surface area contributed by atoms with Crippen LogP contribution in [-0.2, 0) is 0 Å². The summed E-state index contributed by atoms with van der Waals surface area (Å²) in [6, 6.07) is 12.5. The van der Waals surface area contributed by atoms with E-state index in [-0.39, 0.29) is 0 Å². The lowest BCUT2D eigenvalue weighted by atomic mass is 10.1. The summed E-state index contributed by atoms with van der Waals surface area (Å²) in [7, 11) is 0. The molecule has 30 heavy (non-hydrogen) atoms. The minimum atomic E-state index is 0.518. The van der Waals surface area contributed by atoms with Crippen molar-refractivity contribution in [3.8, 4) is 22.6 Å². The number of aromatic nitrogens is 5. The number of fused-ring (bicyclic) bond motifs is 1. The average molecular weight is 400 g/mol. The molecule has 1 aliphatic heterocycles. The van der Waals surface area contributed by atoms with Gasteiger partial charge in [0.05, 0.1) is 34.3 Å². The second-order valence-corrected chi connectivity index (χ2v) is 7.80. The maximum atomic E-state index is 4.88. The van der Waals surface area contributed by atoms with Crippen molar-refractivity contribution >= 4 is 16.7 Å². The number of piperidine rings is 1. The summed E-state index contributed by atoms with van der Waals surface area (Å²) in [6.45, 7) is 3.99. The molecule has 0 radical (unpaired) electrons. The van der Waals surface area contributed by atoms with Gasteiger partial charge in [-0.3, -0.25) is 15.1 Å². The number of anilines is 1. The third kappa shape index (κ3) is 3.89. The van der Waals surface area contributed by atoms with Gasteiger partial charge < -0.3 is 10.6 Å². The zero-order chi connectivity index (χ0) is 20.3. The first-order chi connectivity index (χ1) is 14.8. The summed E-state index contributed by atoms with van der Waals surface area (Å²) in [5.74, 6) is 0. The van der Waals surface area contributed by atoms with Gasteiger partial charge in [0.2, 0.25) is 0 Å². The third-order valence-corrected chi connectivity index (χ3v) is 5.55. The third-order valence-electron chi connectivity index (χ3n) is 5.55. The van der Waals surface area contributed by atoms with Gasteiger partial charge in [-0.2, -0.15) is 5.10 Å². The Morgan fingerprint density at radius 1 is 1.07 bits per heavy atom. The zero-order valence-electron chi connectivity index (χ0n) is 17.0. The number of rotatable bonds is 5. The smallest absolute Gasteiger partial charge is 0.120 e. The molecule has 7 heteroatoms. The normalized spacial score (nSPS) is 16.6. The molecule has 3 N–H and O–H groups in total. The van der Waals surface area contributed by atoms with Crippen LogP contribution >= 0.6 is 0 Å². The molecule has 1 saturated heterocycles. The molecule has 0 bridgehead atoms. The fraction of sp³-hybridized carbons (Fsp3) is 0.304. The molecule has 5 rings (SSSR count). The summed E-state index contributed by atoms with van der Waals surface area (Å²) in [6.07, 6.45) is 7.54. The van der Waals surface area contributed by atoms with Crippen molar-refractivity contribution in [1.82, 2.24) is 30.5 Å². The maximum Gasteiger partial charge on any atom is 0.120 e. The van der Waals surface area contributed by atoms with Crippen LogP contribution in [0.1, 0.15) is 25.0 Å². The molecule has 0 amide bonds. The topological polar surface area (TPSA) is 91.4 Å². The van der Waals surface area contributed by atoms with Crippen LogP contribution in [-0.4, -0.2) is 44.3 Å². The van der Waals surface area contributed by atoms with Crippen LogP contribution in [0.3, 0.4) is 0 Å². The molecule has 0 aromatic carbocycles. The number of aromatic amines is 1. The predicted molar refractivity (Wildman–Crippen MR) is 119 cm³/mol. The number of nitrogens with one attached hydrogen (secondary N) is 3. The van der Waals surface area contributed by atoms with E-state index < -0.39 is 0 Å². The van der Waals surface area contributed by atoms with Crippen LogP contribution in [0.15, 0.2) is 48.8 Å². The van der Waals surface area contributed by atoms with E-state index in [2.05, 4.69) is 36.9 Å². The molecule has 152 valence electrons. The van der Waals surface area contributed by atoms with Crippen molar-refractivity contribution in [3.63, 3.8) is 0 Å². The molecule has 4 aromatic rings. The predicted octanol–water partition coefficient (Wildman–Crippen LogP) is 3.94. The van der Waals surface area contributed by atoms with E-state index in [1.807, 2.05) is 49.6 Å². The van der Waals surface area contributed by atoms with Gasteiger partial charge in [0, 0.05) is 30.0 Å². The highest BCUT2D eigenvalue weighted by atomic mass is 15.1. The van der Waals surface area contributed by atoms with Crippen LogP contribution in [0.2, 0.25) is 0 Å². The molecule has 4 aromatic heterocycles. The molecule has 1 fully saturated rings. The van der Waals surface area contributed by atoms with E-state index in [0.717, 1.165) is 58.1 Å². The van der Waals surface area contributed by atoms with Gasteiger partial charge in [-0.1, -0.05) is 12.5 Å². The molecule has 1 aliphatic rings. The van der Waals surface area contributed by atoms with E-state index in [1.54, 1.807) is 0 Å². The quantitative estimate of drug-likeness (QED) is 0.471. The Hall–Kier alpha value is -3.32.